The molecule has 0 bridgehead atoms. The van der Waals surface area contributed by atoms with Gasteiger partial charge in [0.1, 0.15) is 13.2 Å². The number of benzene rings is 2. The zero-order valence-corrected chi connectivity index (χ0v) is 19.9. The molecule has 2 aromatic rings. The van der Waals surface area contributed by atoms with E-state index in [4.69, 9.17) is 23.7 Å². The van der Waals surface area contributed by atoms with Crippen molar-refractivity contribution >= 4 is 23.2 Å². The molecule has 0 atom stereocenters. The van der Waals surface area contributed by atoms with Crippen LogP contribution in [0.4, 0.5) is 11.4 Å². The predicted molar refractivity (Wildman–Crippen MR) is 128 cm³/mol. The van der Waals surface area contributed by atoms with Gasteiger partial charge in [-0.25, -0.2) is 0 Å². The van der Waals surface area contributed by atoms with E-state index in [1.165, 1.54) is 21.3 Å². The van der Waals surface area contributed by atoms with Gasteiger partial charge in [0.05, 0.1) is 27.9 Å². The average molecular weight is 474 g/mol. The zero-order valence-electron chi connectivity index (χ0n) is 19.9. The Labute approximate surface area is 199 Å². The lowest BCUT2D eigenvalue weighted by atomic mass is 10.2. The third-order valence-corrected chi connectivity index (χ3v) is 5.24. The largest absolute Gasteiger partial charge is 0.493 e. The van der Waals surface area contributed by atoms with E-state index in [2.05, 4.69) is 10.6 Å². The minimum atomic E-state index is -0.194. The second-order valence-corrected chi connectivity index (χ2v) is 7.49. The Kier molecular flexibility index (Phi) is 8.80. The molecule has 0 unspecified atom stereocenters. The number of amides is 2. The van der Waals surface area contributed by atoms with Crippen LogP contribution < -0.4 is 34.3 Å². The molecule has 184 valence electrons. The van der Waals surface area contributed by atoms with Gasteiger partial charge in [0.15, 0.2) is 23.0 Å². The Hall–Kier alpha value is -3.66. The van der Waals surface area contributed by atoms with E-state index in [1.54, 1.807) is 30.3 Å². The molecule has 0 saturated carbocycles. The lowest BCUT2D eigenvalue weighted by Gasteiger charge is -2.21. The van der Waals surface area contributed by atoms with Crippen molar-refractivity contribution in [3.63, 3.8) is 0 Å². The van der Waals surface area contributed by atoms with E-state index in [0.717, 1.165) is 0 Å². The Morgan fingerprint density at radius 1 is 0.882 bits per heavy atom. The average Bonchev–Trinajstić information content (AvgIpc) is 2.85. The summed E-state index contributed by atoms with van der Waals surface area (Å²) in [5.74, 6) is 2.25. The van der Waals surface area contributed by atoms with Gasteiger partial charge in [0.2, 0.25) is 17.6 Å². The molecule has 2 aromatic carbocycles. The number of methoxy groups -OCH3 is 3. The smallest absolute Gasteiger partial charge is 0.238 e. The maximum atomic E-state index is 12.5. The molecule has 0 saturated heterocycles. The number of rotatable bonds is 11. The van der Waals surface area contributed by atoms with Crippen molar-refractivity contribution in [3.05, 3.63) is 30.3 Å². The first-order valence-corrected chi connectivity index (χ1v) is 11.0. The predicted octanol–water partition coefficient (Wildman–Crippen LogP) is 2.77. The van der Waals surface area contributed by atoms with E-state index in [0.29, 0.717) is 66.4 Å². The van der Waals surface area contributed by atoms with Crippen LogP contribution >= 0.6 is 0 Å². The van der Waals surface area contributed by atoms with Crippen LogP contribution in [-0.2, 0) is 9.59 Å². The number of carbonyl (C=O) groups excluding carboxylic acids is 2. The number of nitrogens with one attached hydrogen (secondary N) is 2. The molecule has 0 fully saturated rings. The molecular formula is C24H31N3O7. The molecule has 0 spiro atoms. The molecule has 2 amide bonds. The van der Waals surface area contributed by atoms with Crippen LogP contribution in [0.2, 0.25) is 0 Å². The van der Waals surface area contributed by atoms with Crippen molar-refractivity contribution in [1.82, 2.24) is 4.90 Å². The first kappa shape index (κ1) is 25.0. The van der Waals surface area contributed by atoms with E-state index in [9.17, 15) is 9.59 Å². The number of hydrogen-bond acceptors (Lipinski definition) is 8. The topological polar surface area (TPSA) is 108 Å². The Morgan fingerprint density at radius 2 is 1.53 bits per heavy atom. The van der Waals surface area contributed by atoms with Crippen LogP contribution in [0.5, 0.6) is 28.7 Å². The monoisotopic (exact) mass is 473 g/mol. The van der Waals surface area contributed by atoms with Crippen molar-refractivity contribution in [3.8, 4) is 28.7 Å². The highest BCUT2D eigenvalue weighted by atomic mass is 16.6. The van der Waals surface area contributed by atoms with Gasteiger partial charge in [-0.3, -0.25) is 14.5 Å². The summed E-state index contributed by atoms with van der Waals surface area (Å²) in [6.45, 7) is 4.12. The summed E-state index contributed by atoms with van der Waals surface area (Å²) in [5.41, 5.74) is 1.16. The van der Waals surface area contributed by atoms with Crippen LogP contribution in [0, 0.1) is 0 Å². The van der Waals surface area contributed by atoms with Crippen LogP contribution in [0.15, 0.2) is 30.3 Å². The number of carbonyl (C=O) groups is 2. The molecule has 0 radical (unpaired) electrons. The molecule has 0 aromatic heterocycles. The third-order valence-electron chi connectivity index (χ3n) is 5.24. The molecule has 1 aliphatic heterocycles. The summed E-state index contributed by atoms with van der Waals surface area (Å²) in [6, 6.07) is 8.62. The van der Waals surface area contributed by atoms with E-state index in [1.807, 2.05) is 11.8 Å². The van der Waals surface area contributed by atoms with Gasteiger partial charge in [0, 0.05) is 42.5 Å². The molecule has 10 nitrogen and oxygen atoms in total. The van der Waals surface area contributed by atoms with Gasteiger partial charge in [-0.05, 0) is 18.7 Å². The fourth-order valence-corrected chi connectivity index (χ4v) is 3.51. The Bertz CT molecular complexity index is 987. The number of likely N-dealkylation sites (N-methyl/N-ethyl adjacent to an activating group) is 1. The van der Waals surface area contributed by atoms with Gasteiger partial charge < -0.3 is 34.3 Å². The summed E-state index contributed by atoms with van der Waals surface area (Å²) in [4.78, 5) is 26.9. The molecule has 0 aliphatic carbocycles. The second kappa shape index (κ2) is 12.0. The van der Waals surface area contributed by atoms with E-state index < -0.39 is 0 Å². The lowest BCUT2D eigenvalue weighted by molar-refractivity contribution is -0.119. The highest BCUT2D eigenvalue weighted by Crippen LogP contribution is 2.40. The van der Waals surface area contributed by atoms with Crippen LogP contribution in [0.1, 0.15) is 13.3 Å². The normalized spacial score (nSPS) is 12.1. The molecule has 34 heavy (non-hydrogen) atoms. The number of hydrogen-bond donors (Lipinski definition) is 2. The van der Waals surface area contributed by atoms with Gasteiger partial charge >= 0.3 is 0 Å². The summed E-state index contributed by atoms with van der Waals surface area (Å²) in [7, 11) is 4.54. The standard InChI is InChI=1S/C24H31N3O7/c1-5-27(15-23(29)25-16-6-7-18-19(12-16)34-11-10-33-18)9-8-22(28)26-17-13-20(30-2)24(32-4)21(14-17)31-3/h6-7,12-14H,5,8-11,15H2,1-4H3,(H,25,29)(H,26,28). The summed E-state index contributed by atoms with van der Waals surface area (Å²) < 4.78 is 27.0. The van der Waals surface area contributed by atoms with Crippen LogP contribution in [0.3, 0.4) is 0 Å². The van der Waals surface area contributed by atoms with Crippen LogP contribution in [0.25, 0.3) is 0 Å². The molecular weight excluding hydrogens is 442 g/mol. The highest BCUT2D eigenvalue weighted by molar-refractivity contribution is 5.93. The number of fused-ring (bicyclic) bond motifs is 1. The number of ether oxygens (including phenoxy) is 5. The number of anilines is 2. The fraction of sp³-hybridized carbons (Fsp3) is 0.417. The summed E-state index contributed by atoms with van der Waals surface area (Å²) >= 11 is 0. The van der Waals surface area contributed by atoms with Gasteiger partial charge in [0.25, 0.3) is 0 Å². The van der Waals surface area contributed by atoms with Crippen molar-refractivity contribution in [2.24, 2.45) is 0 Å². The summed E-state index contributed by atoms with van der Waals surface area (Å²) in [5, 5.41) is 5.70. The van der Waals surface area contributed by atoms with Crippen molar-refractivity contribution < 1.29 is 33.3 Å². The first-order valence-electron chi connectivity index (χ1n) is 11.0. The summed E-state index contributed by atoms with van der Waals surface area (Å²) in [6.07, 6.45) is 0.210. The second-order valence-electron chi connectivity index (χ2n) is 7.49. The molecule has 3 rings (SSSR count). The molecule has 2 N–H and O–H groups in total. The van der Waals surface area contributed by atoms with E-state index >= 15 is 0 Å². The molecule has 1 heterocycles. The third kappa shape index (κ3) is 6.44. The zero-order chi connectivity index (χ0) is 24.5. The molecule has 10 heteroatoms. The van der Waals surface area contributed by atoms with Crippen LogP contribution in [-0.4, -0.2) is 70.9 Å². The molecule has 1 aliphatic rings. The fourth-order valence-electron chi connectivity index (χ4n) is 3.51. The minimum Gasteiger partial charge on any atom is -0.493 e. The first-order chi connectivity index (χ1) is 16.5. The van der Waals surface area contributed by atoms with Gasteiger partial charge in [-0.15, -0.1) is 0 Å². The number of nitrogens with zero attached hydrogens (tertiary/aromatic N) is 1. The minimum absolute atomic E-state index is 0.155. The highest BCUT2D eigenvalue weighted by Gasteiger charge is 2.17. The van der Waals surface area contributed by atoms with Gasteiger partial charge in [-0.1, -0.05) is 6.92 Å². The van der Waals surface area contributed by atoms with Crippen molar-refractivity contribution in [2.75, 3.05) is 64.8 Å². The van der Waals surface area contributed by atoms with Gasteiger partial charge in [-0.2, -0.15) is 0 Å². The van der Waals surface area contributed by atoms with Crippen molar-refractivity contribution in [1.29, 1.82) is 0 Å². The lowest BCUT2D eigenvalue weighted by Crippen LogP contribution is -2.35. The maximum Gasteiger partial charge on any atom is 0.238 e. The maximum absolute atomic E-state index is 12.5. The quantitative estimate of drug-likeness (QED) is 0.513. The Balaban J connectivity index is 1.52. The van der Waals surface area contributed by atoms with Crippen molar-refractivity contribution in [2.45, 2.75) is 13.3 Å². The Morgan fingerprint density at radius 3 is 2.15 bits per heavy atom. The van der Waals surface area contributed by atoms with E-state index in [-0.39, 0.29) is 24.8 Å². The SMILES string of the molecule is CCN(CCC(=O)Nc1cc(OC)c(OC)c(OC)c1)CC(=O)Nc1ccc2c(c1)OCCO2.